The molecule has 0 atom stereocenters. The summed E-state index contributed by atoms with van der Waals surface area (Å²) in [6.45, 7) is 1.22. The van der Waals surface area contributed by atoms with Crippen molar-refractivity contribution in [3.05, 3.63) is 87.6 Å². The maximum absolute atomic E-state index is 12.6. The van der Waals surface area contributed by atoms with Crippen molar-refractivity contribution in [2.75, 3.05) is 18.4 Å². The summed E-state index contributed by atoms with van der Waals surface area (Å²) in [4.78, 5) is 35.4. The highest BCUT2D eigenvalue weighted by Crippen LogP contribution is 2.34. The van der Waals surface area contributed by atoms with Gasteiger partial charge in [-0.3, -0.25) is 9.59 Å². The monoisotopic (exact) mass is 552 g/mol. The van der Waals surface area contributed by atoms with Crippen molar-refractivity contribution < 1.29 is 14.0 Å². The Labute approximate surface area is 227 Å². The van der Waals surface area contributed by atoms with Crippen molar-refractivity contribution in [3.8, 4) is 22.6 Å². The van der Waals surface area contributed by atoms with Gasteiger partial charge >= 0.3 is 0 Å². The average molecular weight is 553 g/mol. The van der Waals surface area contributed by atoms with Crippen LogP contribution < -0.4 is 5.32 Å². The number of amides is 2. The number of piperidine rings is 1. The number of carbonyl (C=O) groups excluding carboxylic acids is 2. The molecule has 188 valence electrons. The van der Waals surface area contributed by atoms with Crippen LogP contribution in [0.15, 0.2) is 77.0 Å². The van der Waals surface area contributed by atoms with Crippen molar-refractivity contribution in [2.45, 2.75) is 18.8 Å². The third-order valence-electron chi connectivity index (χ3n) is 6.14. The molecule has 2 amide bonds. The van der Waals surface area contributed by atoms with Gasteiger partial charge < -0.3 is 14.6 Å². The lowest BCUT2D eigenvalue weighted by atomic mass is 9.97. The van der Waals surface area contributed by atoms with Crippen molar-refractivity contribution in [3.63, 3.8) is 0 Å². The Morgan fingerprint density at radius 3 is 2.49 bits per heavy atom. The maximum Gasteiger partial charge on any atom is 0.248 e. The number of benzene rings is 2. The lowest BCUT2D eigenvalue weighted by Gasteiger charge is -2.30. The number of oxazole rings is 1. The van der Waals surface area contributed by atoms with Gasteiger partial charge in [0.2, 0.25) is 11.8 Å². The van der Waals surface area contributed by atoms with Crippen molar-refractivity contribution in [2.24, 2.45) is 0 Å². The molecule has 0 spiro atoms. The van der Waals surface area contributed by atoms with Crippen LogP contribution in [-0.4, -0.2) is 39.8 Å². The lowest BCUT2D eigenvalue weighted by molar-refractivity contribution is -0.127. The second kappa shape index (κ2) is 11.3. The van der Waals surface area contributed by atoms with E-state index >= 15 is 0 Å². The van der Waals surface area contributed by atoms with E-state index in [0.29, 0.717) is 34.6 Å². The smallest absolute Gasteiger partial charge is 0.248 e. The number of halogens is 2. The van der Waals surface area contributed by atoms with Gasteiger partial charge in [0.15, 0.2) is 12.2 Å². The minimum absolute atomic E-state index is 0.176. The van der Waals surface area contributed by atoms with Gasteiger partial charge in [0.1, 0.15) is 0 Å². The minimum Gasteiger partial charge on any atom is -0.444 e. The molecule has 5 rings (SSSR count). The molecule has 0 aliphatic carbocycles. The van der Waals surface area contributed by atoms with Crippen LogP contribution in [0.4, 0.5) is 5.69 Å². The van der Waals surface area contributed by atoms with E-state index in [1.807, 2.05) is 29.6 Å². The summed E-state index contributed by atoms with van der Waals surface area (Å²) in [5.74, 6) is 0.393. The minimum atomic E-state index is -0.367. The maximum atomic E-state index is 12.6. The first-order valence-electron chi connectivity index (χ1n) is 11.6. The van der Waals surface area contributed by atoms with Crippen LogP contribution in [0.25, 0.3) is 22.6 Å². The molecular weight excluding hydrogens is 531 g/mol. The van der Waals surface area contributed by atoms with Crippen LogP contribution in [0.3, 0.4) is 0 Å². The Kier molecular flexibility index (Phi) is 7.69. The molecule has 2 aromatic carbocycles. The van der Waals surface area contributed by atoms with Crippen molar-refractivity contribution >= 4 is 52.0 Å². The normalized spacial score (nSPS) is 14.3. The largest absolute Gasteiger partial charge is 0.444 e. The number of carbonyl (C=O) groups is 2. The molecule has 0 saturated carbocycles. The van der Waals surface area contributed by atoms with E-state index in [4.69, 9.17) is 32.6 Å². The summed E-state index contributed by atoms with van der Waals surface area (Å²) in [5, 5.41) is 6.85. The van der Waals surface area contributed by atoms with E-state index in [2.05, 4.69) is 10.3 Å². The number of aromatic nitrogens is 2. The number of hydrogen-bond acceptors (Lipinski definition) is 6. The summed E-state index contributed by atoms with van der Waals surface area (Å²) < 4.78 is 5.26. The SMILES string of the molecule is O=C(C=CC(=O)N1CCC(c2nc(-c3ccc(Cl)c(Cl)c3)cs2)CC1)Nc1ccc(-c2cnco2)cc1. The summed E-state index contributed by atoms with van der Waals surface area (Å²) in [6.07, 6.45) is 7.21. The summed E-state index contributed by atoms with van der Waals surface area (Å²) in [5.41, 5.74) is 3.28. The Hall–Kier alpha value is -3.46. The van der Waals surface area contributed by atoms with Crippen LogP contribution in [0.1, 0.15) is 23.8 Å². The van der Waals surface area contributed by atoms with Crippen molar-refractivity contribution in [1.29, 1.82) is 0 Å². The Morgan fingerprint density at radius 2 is 1.78 bits per heavy atom. The van der Waals surface area contributed by atoms with Gasteiger partial charge in [-0.2, -0.15) is 0 Å². The standard InChI is InChI=1S/C27H22Cl2N4O3S/c28-21-6-3-19(13-22(21)29)23-15-37-27(32-23)18-9-11-33(12-10-18)26(35)8-7-25(34)31-20-4-1-17(2-5-20)24-14-30-16-36-24/h1-8,13-16,18H,9-12H2,(H,31,34). The number of rotatable bonds is 6. The highest BCUT2D eigenvalue weighted by molar-refractivity contribution is 7.10. The van der Waals surface area contributed by atoms with Crippen LogP contribution in [0.2, 0.25) is 10.0 Å². The van der Waals surface area contributed by atoms with Crippen LogP contribution in [0.5, 0.6) is 0 Å². The summed E-state index contributed by atoms with van der Waals surface area (Å²) in [7, 11) is 0. The van der Waals surface area contributed by atoms with Crippen LogP contribution >= 0.6 is 34.5 Å². The van der Waals surface area contributed by atoms with Gasteiger partial charge in [-0.25, -0.2) is 9.97 Å². The number of likely N-dealkylation sites (tertiary alicyclic amines) is 1. The van der Waals surface area contributed by atoms with Gasteiger partial charge in [0.05, 0.1) is 26.9 Å². The van der Waals surface area contributed by atoms with E-state index in [1.165, 1.54) is 18.5 Å². The predicted molar refractivity (Wildman–Crippen MR) is 146 cm³/mol. The van der Waals surface area contributed by atoms with E-state index in [9.17, 15) is 9.59 Å². The second-order valence-electron chi connectivity index (χ2n) is 8.57. The zero-order valence-corrected chi connectivity index (χ0v) is 21.9. The fraction of sp³-hybridized carbons (Fsp3) is 0.185. The van der Waals surface area contributed by atoms with E-state index in [-0.39, 0.29) is 17.7 Å². The van der Waals surface area contributed by atoms with Gasteiger partial charge in [0, 0.05) is 53.4 Å². The lowest BCUT2D eigenvalue weighted by Crippen LogP contribution is -2.37. The number of thiazole rings is 1. The molecule has 7 nitrogen and oxygen atoms in total. The molecule has 1 fully saturated rings. The molecule has 0 bridgehead atoms. The fourth-order valence-electron chi connectivity index (χ4n) is 4.12. The summed E-state index contributed by atoms with van der Waals surface area (Å²) in [6, 6.07) is 12.7. The average Bonchev–Trinajstić information content (AvgIpc) is 3.63. The first kappa shape index (κ1) is 25.2. The zero-order valence-electron chi connectivity index (χ0n) is 19.6. The first-order valence-corrected chi connectivity index (χ1v) is 13.3. The Balaban J connectivity index is 1.11. The Bertz CT molecular complexity index is 1430. The highest BCUT2D eigenvalue weighted by Gasteiger charge is 2.25. The molecule has 3 heterocycles. The molecular formula is C27H22Cl2N4O3S. The van der Waals surface area contributed by atoms with Gasteiger partial charge in [-0.05, 0) is 49.2 Å². The second-order valence-corrected chi connectivity index (χ2v) is 10.3. The van der Waals surface area contributed by atoms with Crippen LogP contribution in [0, 0.1) is 0 Å². The quantitative estimate of drug-likeness (QED) is 0.270. The number of nitrogens with zero attached hydrogens (tertiary/aromatic N) is 3. The third-order valence-corrected chi connectivity index (χ3v) is 7.89. The number of nitrogens with one attached hydrogen (secondary N) is 1. The molecule has 4 aromatic rings. The third kappa shape index (κ3) is 6.10. The predicted octanol–water partition coefficient (Wildman–Crippen LogP) is 6.67. The van der Waals surface area contributed by atoms with Crippen molar-refractivity contribution in [1.82, 2.24) is 14.9 Å². The molecule has 1 N–H and O–H groups in total. The molecule has 10 heteroatoms. The van der Waals surface area contributed by atoms with Gasteiger partial charge in [0.25, 0.3) is 0 Å². The van der Waals surface area contributed by atoms with E-state index < -0.39 is 0 Å². The molecule has 1 aliphatic rings. The van der Waals surface area contributed by atoms with E-state index in [0.717, 1.165) is 34.7 Å². The zero-order chi connectivity index (χ0) is 25.8. The molecule has 37 heavy (non-hydrogen) atoms. The molecule has 1 saturated heterocycles. The van der Waals surface area contributed by atoms with E-state index in [1.54, 1.807) is 40.6 Å². The molecule has 0 radical (unpaired) electrons. The number of hydrogen-bond donors (Lipinski definition) is 1. The van der Waals surface area contributed by atoms with Gasteiger partial charge in [-0.1, -0.05) is 29.3 Å². The highest BCUT2D eigenvalue weighted by atomic mass is 35.5. The topological polar surface area (TPSA) is 88.3 Å². The van der Waals surface area contributed by atoms with Crippen LogP contribution in [-0.2, 0) is 9.59 Å². The summed E-state index contributed by atoms with van der Waals surface area (Å²) >= 11 is 13.8. The molecule has 1 aliphatic heterocycles. The van der Waals surface area contributed by atoms with Gasteiger partial charge in [-0.15, -0.1) is 11.3 Å². The number of anilines is 1. The first-order chi connectivity index (χ1) is 18.0. The fourth-order valence-corrected chi connectivity index (χ4v) is 5.42. The Morgan fingerprint density at radius 1 is 1.03 bits per heavy atom. The molecule has 0 unspecified atom stereocenters. The molecule has 2 aromatic heterocycles.